The fourth-order valence-corrected chi connectivity index (χ4v) is 0.954. The minimum absolute atomic E-state index is 0.440. The molecule has 13 heavy (non-hydrogen) atoms. The first-order valence-corrected chi connectivity index (χ1v) is 3.68. The molecule has 2 aromatic rings. The van der Waals surface area contributed by atoms with Crippen LogP contribution in [0.1, 0.15) is 11.6 Å². The fraction of sp³-hybridized carbons (Fsp3) is 0.333. The van der Waals surface area contributed by atoms with Crippen LogP contribution in [0.4, 0.5) is 0 Å². The second-order valence-electron chi connectivity index (χ2n) is 2.48. The first-order valence-electron chi connectivity index (χ1n) is 3.68. The molecule has 0 aliphatic carbocycles. The van der Waals surface area contributed by atoms with Gasteiger partial charge in [-0.1, -0.05) is 0 Å². The standard InChI is InChI=1S/C6H7N7/c1-4-8-5(2)10-6(9-4)13-3-7-11-12-13/h3H,1-2H3. The van der Waals surface area contributed by atoms with Crippen LogP contribution in [0, 0.1) is 13.8 Å². The van der Waals surface area contributed by atoms with Gasteiger partial charge in [0.15, 0.2) is 0 Å². The summed E-state index contributed by atoms with van der Waals surface area (Å²) in [4.78, 5) is 12.2. The molecule has 7 nitrogen and oxygen atoms in total. The first kappa shape index (κ1) is 7.71. The normalized spacial score (nSPS) is 10.3. The third kappa shape index (κ3) is 1.48. The highest BCUT2D eigenvalue weighted by atomic mass is 15.6. The highest BCUT2D eigenvalue weighted by molar-refractivity contribution is 5.07. The second kappa shape index (κ2) is 2.85. The van der Waals surface area contributed by atoms with Crippen LogP contribution in [0.15, 0.2) is 6.33 Å². The molecule has 0 aliphatic rings. The highest BCUT2D eigenvalue weighted by Crippen LogP contribution is 1.97. The van der Waals surface area contributed by atoms with Crippen molar-refractivity contribution in [2.75, 3.05) is 0 Å². The quantitative estimate of drug-likeness (QED) is 0.582. The molecule has 0 amide bonds. The summed E-state index contributed by atoms with van der Waals surface area (Å²) >= 11 is 0. The van der Waals surface area contributed by atoms with Crippen molar-refractivity contribution >= 4 is 0 Å². The Kier molecular flexibility index (Phi) is 1.69. The SMILES string of the molecule is Cc1nc(C)nc(-n2cnnn2)n1. The third-order valence-electron chi connectivity index (χ3n) is 1.40. The number of nitrogens with zero attached hydrogens (tertiary/aromatic N) is 7. The lowest BCUT2D eigenvalue weighted by Gasteiger charge is -1.98. The van der Waals surface area contributed by atoms with Gasteiger partial charge in [-0.25, -0.2) is 4.98 Å². The molecule has 7 heteroatoms. The van der Waals surface area contributed by atoms with Gasteiger partial charge >= 0.3 is 0 Å². The molecule has 0 spiro atoms. The van der Waals surface area contributed by atoms with Crippen molar-refractivity contribution < 1.29 is 0 Å². The van der Waals surface area contributed by atoms with Gasteiger partial charge in [-0.15, -0.1) is 5.10 Å². The maximum absolute atomic E-state index is 4.07. The van der Waals surface area contributed by atoms with E-state index in [-0.39, 0.29) is 0 Å². The average Bonchev–Trinajstić information content (AvgIpc) is 2.53. The number of hydrogen-bond donors (Lipinski definition) is 0. The predicted octanol–water partition coefficient (Wildman–Crippen LogP) is -0.536. The van der Waals surface area contributed by atoms with Crippen molar-refractivity contribution in [2.24, 2.45) is 0 Å². The Balaban J connectivity index is 2.53. The monoisotopic (exact) mass is 177 g/mol. The van der Waals surface area contributed by atoms with Crippen molar-refractivity contribution in [3.8, 4) is 5.95 Å². The molecule has 2 rings (SSSR count). The van der Waals surface area contributed by atoms with E-state index in [1.165, 1.54) is 11.0 Å². The number of hydrogen-bond acceptors (Lipinski definition) is 6. The summed E-state index contributed by atoms with van der Waals surface area (Å²) in [5.41, 5.74) is 0. The Morgan fingerprint density at radius 3 is 2.31 bits per heavy atom. The Labute approximate surface area is 73.9 Å². The Morgan fingerprint density at radius 2 is 1.77 bits per heavy atom. The lowest BCUT2D eigenvalue weighted by Crippen LogP contribution is -2.06. The zero-order valence-corrected chi connectivity index (χ0v) is 7.21. The van der Waals surface area contributed by atoms with Gasteiger partial charge in [0.1, 0.15) is 18.0 Å². The van der Waals surface area contributed by atoms with Crippen LogP contribution in [0.2, 0.25) is 0 Å². The summed E-state index contributed by atoms with van der Waals surface area (Å²) in [6.45, 7) is 3.59. The molecular formula is C6H7N7. The molecule has 0 saturated heterocycles. The number of tetrazole rings is 1. The highest BCUT2D eigenvalue weighted by Gasteiger charge is 2.03. The van der Waals surface area contributed by atoms with Crippen LogP contribution in [0.5, 0.6) is 0 Å². The molecule has 0 bridgehead atoms. The summed E-state index contributed by atoms with van der Waals surface area (Å²) in [5, 5.41) is 10.7. The summed E-state index contributed by atoms with van der Waals surface area (Å²) in [5.74, 6) is 1.74. The lowest BCUT2D eigenvalue weighted by atomic mass is 10.6. The van der Waals surface area contributed by atoms with Gasteiger partial charge in [0, 0.05) is 0 Å². The smallest absolute Gasteiger partial charge is 0.218 e. The van der Waals surface area contributed by atoms with Gasteiger partial charge < -0.3 is 0 Å². The zero-order valence-electron chi connectivity index (χ0n) is 7.21. The molecule has 0 N–H and O–H groups in total. The second-order valence-corrected chi connectivity index (χ2v) is 2.48. The van der Waals surface area contributed by atoms with Crippen molar-refractivity contribution in [1.82, 2.24) is 35.2 Å². The summed E-state index contributed by atoms with van der Waals surface area (Å²) in [6, 6.07) is 0. The molecule has 66 valence electrons. The molecule has 0 unspecified atom stereocenters. The molecule has 0 saturated carbocycles. The third-order valence-corrected chi connectivity index (χ3v) is 1.40. The van der Waals surface area contributed by atoms with E-state index < -0.39 is 0 Å². The van der Waals surface area contributed by atoms with Crippen LogP contribution in [-0.2, 0) is 0 Å². The largest absolute Gasteiger partial charge is 0.257 e. The number of aromatic nitrogens is 7. The summed E-state index contributed by atoms with van der Waals surface area (Å²) in [7, 11) is 0. The van der Waals surface area contributed by atoms with Crippen LogP contribution in [0.25, 0.3) is 5.95 Å². The van der Waals surface area contributed by atoms with Crippen LogP contribution < -0.4 is 0 Å². The van der Waals surface area contributed by atoms with E-state index >= 15 is 0 Å². The Morgan fingerprint density at radius 1 is 1.08 bits per heavy atom. The van der Waals surface area contributed by atoms with Gasteiger partial charge in [-0.2, -0.15) is 14.6 Å². The van der Waals surface area contributed by atoms with E-state index in [1.54, 1.807) is 13.8 Å². The zero-order chi connectivity index (χ0) is 9.26. The lowest BCUT2D eigenvalue weighted by molar-refractivity contribution is 0.726. The van der Waals surface area contributed by atoms with E-state index in [4.69, 9.17) is 0 Å². The summed E-state index contributed by atoms with van der Waals surface area (Å²) < 4.78 is 1.39. The number of rotatable bonds is 1. The molecule has 0 fully saturated rings. The van der Waals surface area contributed by atoms with E-state index in [9.17, 15) is 0 Å². The molecule has 0 aliphatic heterocycles. The fourth-order valence-electron chi connectivity index (χ4n) is 0.954. The van der Waals surface area contributed by atoms with Crippen molar-refractivity contribution in [1.29, 1.82) is 0 Å². The van der Waals surface area contributed by atoms with E-state index in [2.05, 4.69) is 30.5 Å². The minimum Gasteiger partial charge on any atom is -0.218 e. The topological polar surface area (TPSA) is 82.3 Å². The van der Waals surface area contributed by atoms with Crippen LogP contribution in [-0.4, -0.2) is 35.2 Å². The Hall–Kier alpha value is -1.92. The maximum atomic E-state index is 4.07. The van der Waals surface area contributed by atoms with Gasteiger partial charge in [0.2, 0.25) is 0 Å². The molecule has 0 aromatic carbocycles. The van der Waals surface area contributed by atoms with Gasteiger partial charge in [0.05, 0.1) is 0 Å². The van der Waals surface area contributed by atoms with Gasteiger partial charge in [-0.3, -0.25) is 0 Å². The van der Waals surface area contributed by atoms with Crippen LogP contribution in [0.3, 0.4) is 0 Å². The molecule has 0 radical (unpaired) electrons. The van der Waals surface area contributed by atoms with E-state index in [1.807, 2.05) is 0 Å². The molecule has 0 atom stereocenters. The van der Waals surface area contributed by atoms with Crippen LogP contribution >= 0.6 is 0 Å². The molecule has 2 aromatic heterocycles. The number of aryl methyl sites for hydroxylation is 2. The molecular weight excluding hydrogens is 170 g/mol. The van der Waals surface area contributed by atoms with Crippen molar-refractivity contribution in [2.45, 2.75) is 13.8 Å². The average molecular weight is 177 g/mol. The van der Waals surface area contributed by atoms with Crippen molar-refractivity contribution in [3.05, 3.63) is 18.0 Å². The summed E-state index contributed by atoms with van der Waals surface area (Å²) in [6.07, 6.45) is 1.44. The van der Waals surface area contributed by atoms with Gasteiger partial charge in [0.25, 0.3) is 5.95 Å². The van der Waals surface area contributed by atoms with Gasteiger partial charge in [-0.05, 0) is 24.3 Å². The minimum atomic E-state index is 0.440. The molecule has 2 heterocycles. The van der Waals surface area contributed by atoms with E-state index in [0.29, 0.717) is 17.6 Å². The van der Waals surface area contributed by atoms with E-state index in [0.717, 1.165) is 0 Å². The first-order chi connectivity index (χ1) is 6.25. The predicted molar refractivity (Wildman–Crippen MR) is 42.0 cm³/mol. The Bertz CT molecular complexity index is 387. The maximum Gasteiger partial charge on any atom is 0.257 e. The van der Waals surface area contributed by atoms with Crippen molar-refractivity contribution in [3.63, 3.8) is 0 Å².